The summed E-state index contributed by atoms with van der Waals surface area (Å²) in [6.45, 7) is 0.506. The third-order valence-electron chi connectivity index (χ3n) is 3.53. The van der Waals surface area contributed by atoms with E-state index in [9.17, 15) is 4.39 Å². The molecule has 3 aromatic carbocycles. The van der Waals surface area contributed by atoms with Gasteiger partial charge in [-0.3, -0.25) is 0 Å². The average Bonchev–Trinajstić information content (AvgIpc) is 2.61. The molecule has 0 unspecified atom stereocenters. The van der Waals surface area contributed by atoms with Crippen LogP contribution in [0, 0.1) is 17.1 Å². The van der Waals surface area contributed by atoms with Crippen LogP contribution in [0.4, 0.5) is 4.39 Å². The summed E-state index contributed by atoms with van der Waals surface area (Å²) in [6.07, 6.45) is 0. The van der Waals surface area contributed by atoms with E-state index in [0.717, 1.165) is 22.4 Å². The smallest absolute Gasteiger partial charge is 0.141 e. The maximum absolute atomic E-state index is 13.7. The molecule has 0 heterocycles. The standard InChI is InChI=1S/C20H14FNO/c21-20-12-17(6-7-18(20)13-22)16-8-10-19(11-9-16)23-14-15-4-2-1-3-5-15/h1-12H,14H2. The number of rotatable bonds is 4. The molecule has 0 fully saturated rings. The van der Waals surface area contributed by atoms with Crippen molar-refractivity contribution in [1.29, 1.82) is 5.26 Å². The summed E-state index contributed by atoms with van der Waals surface area (Å²) < 4.78 is 19.4. The van der Waals surface area contributed by atoms with Crippen LogP contribution in [0.25, 0.3) is 11.1 Å². The van der Waals surface area contributed by atoms with Gasteiger partial charge in [0.15, 0.2) is 0 Å². The molecule has 3 aromatic rings. The van der Waals surface area contributed by atoms with Crippen molar-refractivity contribution in [3.05, 3.63) is 89.7 Å². The lowest BCUT2D eigenvalue weighted by Gasteiger charge is -2.08. The zero-order valence-corrected chi connectivity index (χ0v) is 12.4. The molecule has 3 heteroatoms. The minimum atomic E-state index is -0.505. The highest BCUT2D eigenvalue weighted by Crippen LogP contribution is 2.24. The van der Waals surface area contributed by atoms with Crippen LogP contribution < -0.4 is 4.74 Å². The van der Waals surface area contributed by atoms with Gasteiger partial charge >= 0.3 is 0 Å². The minimum Gasteiger partial charge on any atom is -0.489 e. The van der Waals surface area contributed by atoms with Crippen LogP contribution >= 0.6 is 0 Å². The molecule has 0 aliphatic heterocycles. The van der Waals surface area contributed by atoms with Crippen molar-refractivity contribution in [3.63, 3.8) is 0 Å². The summed E-state index contributed by atoms with van der Waals surface area (Å²) in [7, 11) is 0. The largest absolute Gasteiger partial charge is 0.489 e. The van der Waals surface area contributed by atoms with E-state index in [1.165, 1.54) is 12.1 Å². The Morgan fingerprint density at radius 3 is 2.22 bits per heavy atom. The third-order valence-corrected chi connectivity index (χ3v) is 3.53. The van der Waals surface area contributed by atoms with Crippen molar-refractivity contribution in [2.45, 2.75) is 6.61 Å². The van der Waals surface area contributed by atoms with Crippen molar-refractivity contribution in [3.8, 4) is 22.9 Å². The summed E-state index contributed by atoms with van der Waals surface area (Å²) in [5.74, 6) is 0.251. The van der Waals surface area contributed by atoms with E-state index in [0.29, 0.717) is 6.61 Å². The van der Waals surface area contributed by atoms with Gasteiger partial charge in [0.1, 0.15) is 24.2 Å². The van der Waals surface area contributed by atoms with Gasteiger partial charge in [0.05, 0.1) is 5.56 Å². The van der Waals surface area contributed by atoms with Gasteiger partial charge in [-0.15, -0.1) is 0 Å². The number of ether oxygens (including phenoxy) is 1. The van der Waals surface area contributed by atoms with Crippen molar-refractivity contribution in [2.75, 3.05) is 0 Å². The second-order valence-corrected chi connectivity index (χ2v) is 5.11. The maximum atomic E-state index is 13.7. The first kappa shape index (κ1) is 14.8. The highest BCUT2D eigenvalue weighted by atomic mass is 19.1. The van der Waals surface area contributed by atoms with E-state index in [1.54, 1.807) is 6.07 Å². The second kappa shape index (κ2) is 6.76. The monoisotopic (exact) mass is 303 g/mol. The molecule has 112 valence electrons. The summed E-state index contributed by atoms with van der Waals surface area (Å²) in [6, 6.07) is 23.8. The lowest BCUT2D eigenvalue weighted by atomic mass is 10.0. The predicted molar refractivity (Wildman–Crippen MR) is 87.3 cm³/mol. The number of hydrogen-bond donors (Lipinski definition) is 0. The Morgan fingerprint density at radius 2 is 1.57 bits per heavy atom. The van der Waals surface area contributed by atoms with Gasteiger partial charge in [-0.25, -0.2) is 4.39 Å². The number of benzene rings is 3. The zero-order chi connectivity index (χ0) is 16.1. The Balaban J connectivity index is 1.72. The fraction of sp³-hybridized carbons (Fsp3) is 0.0500. The highest BCUT2D eigenvalue weighted by Gasteiger charge is 2.05. The van der Waals surface area contributed by atoms with E-state index in [2.05, 4.69) is 0 Å². The third kappa shape index (κ3) is 3.56. The first-order valence-electron chi connectivity index (χ1n) is 7.23. The molecule has 3 rings (SSSR count). The van der Waals surface area contributed by atoms with Gasteiger partial charge in [0.25, 0.3) is 0 Å². The molecule has 0 aliphatic carbocycles. The maximum Gasteiger partial charge on any atom is 0.141 e. The quantitative estimate of drug-likeness (QED) is 0.683. The molecule has 0 saturated carbocycles. The van der Waals surface area contributed by atoms with Gasteiger partial charge < -0.3 is 4.74 Å². The van der Waals surface area contributed by atoms with Gasteiger partial charge in [-0.2, -0.15) is 5.26 Å². The van der Waals surface area contributed by atoms with E-state index >= 15 is 0 Å². The van der Waals surface area contributed by atoms with Crippen LogP contribution in [0.2, 0.25) is 0 Å². The lowest BCUT2D eigenvalue weighted by molar-refractivity contribution is 0.306. The Morgan fingerprint density at radius 1 is 0.870 bits per heavy atom. The Kier molecular flexibility index (Phi) is 4.35. The summed E-state index contributed by atoms with van der Waals surface area (Å²) >= 11 is 0. The normalized spacial score (nSPS) is 10.1. The fourth-order valence-corrected chi connectivity index (χ4v) is 2.27. The molecule has 0 N–H and O–H groups in total. The van der Waals surface area contributed by atoms with E-state index in [1.807, 2.05) is 60.7 Å². The van der Waals surface area contributed by atoms with Gasteiger partial charge in [-0.05, 0) is 41.0 Å². The molecule has 0 spiro atoms. The van der Waals surface area contributed by atoms with E-state index in [4.69, 9.17) is 10.00 Å². The molecular weight excluding hydrogens is 289 g/mol. The molecule has 0 radical (unpaired) electrons. The number of nitriles is 1. The van der Waals surface area contributed by atoms with Crippen LogP contribution in [0.15, 0.2) is 72.8 Å². The van der Waals surface area contributed by atoms with Crippen LogP contribution in [-0.4, -0.2) is 0 Å². The van der Waals surface area contributed by atoms with Crippen molar-refractivity contribution in [1.82, 2.24) is 0 Å². The molecule has 0 bridgehead atoms. The molecule has 2 nitrogen and oxygen atoms in total. The van der Waals surface area contributed by atoms with E-state index < -0.39 is 5.82 Å². The first-order valence-corrected chi connectivity index (χ1v) is 7.23. The average molecular weight is 303 g/mol. The molecular formula is C20H14FNO. The minimum absolute atomic E-state index is 0.0524. The van der Waals surface area contributed by atoms with Crippen LogP contribution in [0.3, 0.4) is 0 Å². The lowest BCUT2D eigenvalue weighted by Crippen LogP contribution is -1.94. The fourth-order valence-electron chi connectivity index (χ4n) is 2.27. The second-order valence-electron chi connectivity index (χ2n) is 5.11. The molecule has 0 aromatic heterocycles. The molecule has 0 saturated heterocycles. The summed E-state index contributed by atoms with van der Waals surface area (Å²) in [4.78, 5) is 0. The van der Waals surface area contributed by atoms with Gasteiger partial charge in [0, 0.05) is 0 Å². The Labute approximate surface area is 134 Å². The molecule has 0 aliphatic rings. The topological polar surface area (TPSA) is 33.0 Å². The summed E-state index contributed by atoms with van der Waals surface area (Å²) in [5, 5.41) is 8.76. The number of nitrogens with zero attached hydrogens (tertiary/aromatic N) is 1. The number of hydrogen-bond acceptors (Lipinski definition) is 2. The Bertz CT molecular complexity index is 836. The van der Waals surface area contributed by atoms with Crippen LogP contribution in [0.1, 0.15) is 11.1 Å². The number of halogens is 1. The van der Waals surface area contributed by atoms with Crippen LogP contribution in [0.5, 0.6) is 5.75 Å². The van der Waals surface area contributed by atoms with Gasteiger partial charge in [0.2, 0.25) is 0 Å². The SMILES string of the molecule is N#Cc1ccc(-c2ccc(OCc3ccccc3)cc2)cc1F. The van der Waals surface area contributed by atoms with Crippen molar-refractivity contribution >= 4 is 0 Å². The van der Waals surface area contributed by atoms with Gasteiger partial charge in [-0.1, -0.05) is 48.5 Å². The zero-order valence-electron chi connectivity index (χ0n) is 12.4. The highest BCUT2D eigenvalue weighted by molar-refractivity contribution is 5.65. The van der Waals surface area contributed by atoms with Crippen molar-refractivity contribution in [2.24, 2.45) is 0 Å². The van der Waals surface area contributed by atoms with E-state index in [-0.39, 0.29) is 5.56 Å². The first-order chi connectivity index (χ1) is 11.3. The molecule has 0 amide bonds. The predicted octanol–water partition coefficient (Wildman–Crippen LogP) is 4.94. The molecule has 23 heavy (non-hydrogen) atoms. The van der Waals surface area contributed by atoms with Crippen LogP contribution in [-0.2, 0) is 6.61 Å². The Hall–Kier alpha value is -3.12. The summed E-state index contributed by atoms with van der Waals surface area (Å²) in [5.41, 5.74) is 2.76. The molecule has 0 atom stereocenters. The van der Waals surface area contributed by atoms with Crippen molar-refractivity contribution < 1.29 is 9.13 Å².